The summed E-state index contributed by atoms with van der Waals surface area (Å²) >= 11 is 1.44. The van der Waals surface area contributed by atoms with Gasteiger partial charge in [0.1, 0.15) is 10.6 Å². The van der Waals surface area contributed by atoms with E-state index in [1.165, 1.54) is 11.3 Å². The fourth-order valence-corrected chi connectivity index (χ4v) is 5.44. The van der Waals surface area contributed by atoms with Crippen molar-refractivity contribution in [3.63, 3.8) is 0 Å². The van der Waals surface area contributed by atoms with Crippen LogP contribution in [0.3, 0.4) is 0 Å². The third kappa shape index (κ3) is 3.82. The van der Waals surface area contributed by atoms with E-state index in [1.54, 1.807) is 6.07 Å². The standard InChI is InChI=1S/C26H24N2O3S/c1-17-22(26(30)28-14-8-3-9-15-28)25(32-23(17)18-10-4-2-5-11-18)27-24(29)21-16-19-12-6-7-13-20(19)31-21/h2,4-7,10-13,16H,3,8-9,14-15H2,1H3,(H,27,29). The van der Waals surface area contributed by atoms with Gasteiger partial charge in [0.15, 0.2) is 5.76 Å². The summed E-state index contributed by atoms with van der Waals surface area (Å²) in [5.74, 6) is -0.134. The van der Waals surface area contributed by atoms with Gasteiger partial charge < -0.3 is 14.6 Å². The summed E-state index contributed by atoms with van der Waals surface area (Å²) in [6, 6.07) is 19.2. The van der Waals surface area contributed by atoms with Gasteiger partial charge in [-0.15, -0.1) is 11.3 Å². The highest BCUT2D eigenvalue weighted by atomic mass is 32.1. The van der Waals surface area contributed by atoms with Crippen molar-refractivity contribution in [1.29, 1.82) is 0 Å². The van der Waals surface area contributed by atoms with Crippen LogP contribution < -0.4 is 5.32 Å². The number of fused-ring (bicyclic) bond motifs is 1. The Labute approximate surface area is 190 Å². The normalized spacial score (nSPS) is 14.0. The van der Waals surface area contributed by atoms with E-state index in [0.29, 0.717) is 16.1 Å². The fourth-order valence-electron chi connectivity index (χ4n) is 4.24. The lowest BCUT2D eigenvalue weighted by Crippen LogP contribution is -2.36. The minimum Gasteiger partial charge on any atom is -0.451 e. The Morgan fingerprint density at radius 3 is 2.44 bits per heavy atom. The molecule has 4 aromatic rings. The van der Waals surface area contributed by atoms with Crippen LogP contribution in [0.25, 0.3) is 21.4 Å². The van der Waals surface area contributed by atoms with Crippen LogP contribution in [-0.4, -0.2) is 29.8 Å². The van der Waals surface area contributed by atoms with Gasteiger partial charge in [0.25, 0.3) is 11.8 Å². The number of hydrogen-bond acceptors (Lipinski definition) is 4. The molecule has 1 aliphatic rings. The highest BCUT2D eigenvalue weighted by Gasteiger charge is 2.28. The largest absolute Gasteiger partial charge is 0.451 e. The van der Waals surface area contributed by atoms with Crippen LogP contribution in [0.2, 0.25) is 0 Å². The number of anilines is 1. The maximum absolute atomic E-state index is 13.5. The van der Waals surface area contributed by atoms with Crippen molar-refractivity contribution in [2.75, 3.05) is 18.4 Å². The zero-order valence-corrected chi connectivity index (χ0v) is 18.7. The van der Waals surface area contributed by atoms with E-state index >= 15 is 0 Å². The molecule has 162 valence electrons. The van der Waals surface area contributed by atoms with Gasteiger partial charge in [0.2, 0.25) is 0 Å². The van der Waals surface area contributed by atoms with Crippen molar-refractivity contribution in [1.82, 2.24) is 4.90 Å². The molecule has 3 heterocycles. The van der Waals surface area contributed by atoms with Crippen molar-refractivity contribution in [3.05, 3.63) is 77.6 Å². The highest BCUT2D eigenvalue weighted by molar-refractivity contribution is 7.20. The van der Waals surface area contributed by atoms with Crippen LogP contribution >= 0.6 is 11.3 Å². The van der Waals surface area contributed by atoms with Crippen LogP contribution in [0.15, 0.2) is 65.1 Å². The number of hydrogen-bond donors (Lipinski definition) is 1. The van der Waals surface area contributed by atoms with Gasteiger partial charge in [-0.25, -0.2) is 0 Å². The predicted octanol–water partition coefficient (Wildman–Crippen LogP) is 6.35. The summed E-state index contributed by atoms with van der Waals surface area (Å²) in [5, 5.41) is 4.42. The molecule has 2 amide bonds. The van der Waals surface area contributed by atoms with E-state index in [0.717, 1.165) is 53.7 Å². The zero-order chi connectivity index (χ0) is 22.1. The number of rotatable bonds is 4. The number of furan rings is 1. The average Bonchev–Trinajstić information content (AvgIpc) is 3.41. The molecule has 2 aromatic heterocycles. The van der Waals surface area contributed by atoms with Gasteiger partial charge in [0.05, 0.1) is 5.56 Å². The number of carbonyl (C=O) groups excluding carboxylic acids is 2. The second-order valence-corrected chi connectivity index (χ2v) is 9.10. The first kappa shape index (κ1) is 20.5. The van der Waals surface area contributed by atoms with Crippen molar-refractivity contribution >= 4 is 39.1 Å². The molecule has 0 bridgehead atoms. The number of likely N-dealkylation sites (tertiary alicyclic amines) is 1. The molecule has 2 aromatic carbocycles. The lowest BCUT2D eigenvalue weighted by atomic mass is 10.0. The maximum atomic E-state index is 13.5. The SMILES string of the molecule is Cc1c(-c2ccccc2)sc(NC(=O)c2cc3ccccc3o2)c1C(=O)N1CCCCC1. The quantitative estimate of drug-likeness (QED) is 0.399. The number of para-hydroxylation sites is 1. The van der Waals surface area contributed by atoms with Gasteiger partial charge in [-0.1, -0.05) is 48.5 Å². The van der Waals surface area contributed by atoms with E-state index in [9.17, 15) is 9.59 Å². The van der Waals surface area contributed by atoms with Gasteiger partial charge in [-0.3, -0.25) is 9.59 Å². The summed E-state index contributed by atoms with van der Waals surface area (Å²) in [6.07, 6.45) is 3.18. The van der Waals surface area contributed by atoms with E-state index in [2.05, 4.69) is 5.32 Å². The maximum Gasteiger partial charge on any atom is 0.292 e. The summed E-state index contributed by atoms with van der Waals surface area (Å²) in [5.41, 5.74) is 3.18. The Hall–Kier alpha value is -3.38. The number of carbonyl (C=O) groups is 2. The number of benzene rings is 2. The molecule has 1 fully saturated rings. The lowest BCUT2D eigenvalue weighted by molar-refractivity contribution is 0.0725. The van der Waals surface area contributed by atoms with Gasteiger partial charge >= 0.3 is 0 Å². The Bertz CT molecular complexity index is 1250. The molecule has 1 aliphatic heterocycles. The molecule has 5 nitrogen and oxygen atoms in total. The zero-order valence-electron chi connectivity index (χ0n) is 17.9. The number of amides is 2. The number of thiophene rings is 1. The molecule has 5 rings (SSSR count). The van der Waals surface area contributed by atoms with Crippen LogP contribution in [-0.2, 0) is 0 Å². The number of nitrogens with zero attached hydrogens (tertiary/aromatic N) is 1. The minimum absolute atomic E-state index is 0.0134. The molecule has 1 saturated heterocycles. The minimum atomic E-state index is -0.352. The summed E-state index contributed by atoms with van der Waals surface area (Å²) in [4.78, 5) is 29.5. The second kappa shape index (κ2) is 8.63. The molecular formula is C26H24N2O3S. The molecule has 1 N–H and O–H groups in total. The molecule has 32 heavy (non-hydrogen) atoms. The van der Waals surface area contributed by atoms with Gasteiger partial charge in [-0.05, 0) is 49.4 Å². The Morgan fingerprint density at radius 1 is 0.969 bits per heavy atom. The third-order valence-corrected chi connectivity index (χ3v) is 7.17. The first-order chi connectivity index (χ1) is 15.6. The summed E-state index contributed by atoms with van der Waals surface area (Å²) < 4.78 is 5.74. The molecule has 0 saturated carbocycles. The van der Waals surface area contributed by atoms with Crippen molar-refractivity contribution in [2.45, 2.75) is 26.2 Å². The smallest absolute Gasteiger partial charge is 0.292 e. The molecular weight excluding hydrogens is 420 g/mol. The molecule has 0 unspecified atom stereocenters. The van der Waals surface area contributed by atoms with Crippen molar-refractivity contribution in [2.24, 2.45) is 0 Å². The molecule has 0 aliphatic carbocycles. The van der Waals surface area contributed by atoms with Crippen LogP contribution in [0.5, 0.6) is 0 Å². The van der Waals surface area contributed by atoms with E-state index < -0.39 is 0 Å². The van der Waals surface area contributed by atoms with E-state index in [1.807, 2.05) is 66.4 Å². The number of nitrogens with one attached hydrogen (secondary N) is 1. The Kier molecular flexibility index (Phi) is 5.53. The molecule has 6 heteroatoms. The summed E-state index contributed by atoms with van der Waals surface area (Å²) in [7, 11) is 0. The fraction of sp³-hybridized carbons (Fsp3) is 0.231. The van der Waals surface area contributed by atoms with Crippen molar-refractivity contribution in [3.8, 4) is 10.4 Å². The van der Waals surface area contributed by atoms with E-state index in [4.69, 9.17) is 4.42 Å². The summed E-state index contributed by atoms with van der Waals surface area (Å²) in [6.45, 7) is 3.48. The topological polar surface area (TPSA) is 62.6 Å². The van der Waals surface area contributed by atoms with Crippen LogP contribution in [0, 0.1) is 6.92 Å². The monoisotopic (exact) mass is 444 g/mol. The Morgan fingerprint density at radius 2 is 1.69 bits per heavy atom. The second-order valence-electron chi connectivity index (χ2n) is 8.08. The third-order valence-electron chi connectivity index (χ3n) is 5.92. The van der Waals surface area contributed by atoms with E-state index in [-0.39, 0.29) is 17.6 Å². The first-order valence-electron chi connectivity index (χ1n) is 10.9. The Balaban J connectivity index is 1.53. The van der Waals surface area contributed by atoms with Crippen LogP contribution in [0.4, 0.5) is 5.00 Å². The first-order valence-corrected chi connectivity index (χ1v) is 11.7. The van der Waals surface area contributed by atoms with Crippen LogP contribution in [0.1, 0.15) is 45.7 Å². The van der Waals surface area contributed by atoms with Gasteiger partial charge in [0, 0.05) is 23.4 Å². The molecule has 0 spiro atoms. The van der Waals surface area contributed by atoms with Gasteiger partial charge in [-0.2, -0.15) is 0 Å². The molecule has 0 atom stereocenters. The highest BCUT2D eigenvalue weighted by Crippen LogP contribution is 2.41. The lowest BCUT2D eigenvalue weighted by Gasteiger charge is -2.27. The predicted molar refractivity (Wildman–Crippen MR) is 128 cm³/mol. The molecule has 0 radical (unpaired) electrons. The average molecular weight is 445 g/mol. The van der Waals surface area contributed by atoms with Crippen molar-refractivity contribution < 1.29 is 14.0 Å². The number of piperidine rings is 1.